The number of esters is 1. The van der Waals surface area contributed by atoms with Gasteiger partial charge in [-0.2, -0.15) is 0 Å². The largest absolute Gasteiger partial charge is 0.464 e. The number of nitrogens with zero attached hydrogens (tertiary/aromatic N) is 1. The van der Waals surface area contributed by atoms with Gasteiger partial charge in [0, 0.05) is 12.5 Å². The summed E-state index contributed by atoms with van der Waals surface area (Å²) in [5.41, 5.74) is 0. The molecule has 0 bridgehead atoms. The summed E-state index contributed by atoms with van der Waals surface area (Å²) in [7, 11) is 0. The quantitative estimate of drug-likeness (QED) is 0.554. The summed E-state index contributed by atoms with van der Waals surface area (Å²) in [6.45, 7) is 3.36. The van der Waals surface area contributed by atoms with Gasteiger partial charge >= 0.3 is 5.97 Å². The van der Waals surface area contributed by atoms with E-state index in [1.807, 2.05) is 0 Å². The first-order valence-corrected chi connectivity index (χ1v) is 5.14. The molecule has 2 atom stereocenters. The summed E-state index contributed by atoms with van der Waals surface area (Å²) >= 11 is 10.8. The van der Waals surface area contributed by atoms with Crippen LogP contribution in [-0.4, -0.2) is 35.8 Å². The zero-order valence-corrected chi connectivity index (χ0v) is 9.42. The molecular formula is C8H13Cl2NO3. The average molecular weight is 242 g/mol. The van der Waals surface area contributed by atoms with Gasteiger partial charge in [-0.1, -0.05) is 0 Å². The highest BCUT2D eigenvalue weighted by Gasteiger charge is 2.23. The summed E-state index contributed by atoms with van der Waals surface area (Å²) in [6.07, 6.45) is 0.938. The molecule has 0 N–H and O–H groups in total. The van der Waals surface area contributed by atoms with Crippen LogP contribution in [0.25, 0.3) is 0 Å². The highest BCUT2D eigenvalue weighted by molar-refractivity contribution is 6.34. The van der Waals surface area contributed by atoms with Crippen LogP contribution in [0.2, 0.25) is 0 Å². The van der Waals surface area contributed by atoms with Gasteiger partial charge in [-0.15, -0.1) is 3.94 Å². The van der Waals surface area contributed by atoms with E-state index in [1.165, 1.54) is 0 Å². The maximum Gasteiger partial charge on any atom is 0.325 e. The molecule has 82 valence electrons. The minimum Gasteiger partial charge on any atom is -0.464 e. The molecule has 0 aromatic rings. The fraction of sp³-hybridized carbons (Fsp3) is 0.875. The lowest BCUT2D eigenvalue weighted by atomic mass is 10.1. The predicted octanol–water partition coefficient (Wildman–Crippen LogP) is 1.56. The minimum atomic E-state index is -0.638. The number of carbonyl (C=O) groups is 1. The molecule has 2 unspecified atom stereocenters. The molecular weight excluding hydrogens is 229 g/mol. The molecule has 14 heavy (non-hydrogen) atoms. The topological polar surface area (TPSA) is 38.8 Å². The van der Waals surface area contributed by atoms with Gasteiger partial charge < -0.3 is 9.47 Å². The molecule has 0 radical (unpaired) electrons. The molecule has 1 rings (SSSR count). The van der Waals surface area contributed by atoms with Gasteiger partial charge in [0.1, 0.15) is 6.04 Å². The van der Waals surface area contributed by atoms with Crippen molar-refractivity contribution in [1.29, 1.82) is 0 Å². The Balaban J connectivity index is 2.19. The summed E-state index contributed by atoms with van der Waals surface area (Å²) < 4.78 is 10.9. The molecule has 1 fully saturated rings. The van der Waals surface area contributed by atoms with Crippen molar-refractivity contribution in [3.8, 4) is 0 Å². The maximum atomic E-state index is 11.3. The number of hydrogen-bond donors (Lipinski definition) is 0. The monoisotopic (exact) mass is 241 g/mol. The number of halogens is 2. The Morgan fingerprint density at radius 3 is 2.93 bits per heavy atom. The Morgan fingerprint density at radius 1 is 1.71 bits per heavy atom. The van der Waals surface area contributed by atoms with E-state index in [1.54, 1.807) is 6.92 Å². The van der Waals surface area contributed by atoms with Crippen LogP contribution in [0.4, 0.5) is 0 Å². The standard InChI is InChI=1S/C8H13Cl2NO3/c1-6(11(9)10)8(12)14-5-7-2-3-13-4-7/h6-7H,2-5H2,1H3. The second kappa shape index (κ2) is 5.75. The molecule has 0 spiro atoms. The normalized spacial score (nSPS) is 23.9. The van der Waals surface area contributed by atoms with Gasteiger partial charge in [0.05, 0.1) is 13.2 Å². The first-order chi connectivity index (χ1) is 6.61. The lowest BCUT2D eigenvalue weighted by Gasteiger charge is -2.15. The van der Waals surface area contributed by atoms with E-state index >= 15 is 0 Å². The third kappa shape index (κ3) is 3.61. The van der Waals surface area contributed by atoms with Crippen LogP contribution < -0.4 is 0 Å². The molecule has 0 aliphatic carbocycles. The van der Waals surface area contributed by atoms with Crippen LogP contribution in [0, 0.1) is 5.92 Å². The van der Waals surface area contributed by atoms with Crippen molar-refractivity contribution in [3.63, 3.8) is 0 Å². The van der Waals surface area contributed by atoms with Gasteiger partial charge in [-0.3, -0.25) is 4.79 Å². The second-order valence-electron chi connectivity index (χ2n) is 3.29. The Bertz CT molecular complexity index is 195. The fourth-order valence-corrected chi connectivity index (χ4v) is 1.27. The Labute approximate surface area is 93.3 Å². The Kier molecular flexibility index (Phi) is 4.95. The van der Waals surface area contributed by atoms with Crippen molar-refractivity contribution >= 4 is 29.5 Å². The summed E-state index contributed by atoms with van der Waals surface area (Å²) in [5.74, 6) is -0.104. The number of carbonyl (C=O) groups excluding carboxylic acids is 1. The zero-order valence-electron chi connectivity index (χ0n) is 7.91. The van der Waals surface area contributed by atoms with Gasteiger partial charge in [0.2, 0.25) is 0 Å². The number of ether oxygens (including phenoxy) is 2. The van der Waals surface area contributed by atoms with Gasteiger partial charge in [-0.05, 0) is 36.9 Å². The fourth-order valence-electron chi connectivity index (χ4n) is 1.12. The molecule has 0 aromatic heterocycles. The van der Waals surface area contributed by atoms with E-state index in [0.717, 1.165) is 17.0 Å². The predicted molar refractivity (Wildman–Crippen MR) is 52.9 cm³/mol. The van der Waals surface area contributed by atoms with Crippen LogP contribution in [-0.2, 0) is 14.3 Å². The Hall–Kier alpha value is -0.0300. The summed E-state index contributed by atoms with van der Waals surface area (Å²) in [5, 5.41) is 0. The van der Waals surface area contributed by atoms with Gasteiger partial charge in [0.25, 0.3) is 0 Å². The van der Waals surface area contributed by atoms with E-state index in [0.29, 0.717) is 19.1 Å². The van der Waals surface area contributed by atoms with Crippen LogP contribution >= 0.6 is 23.6 Å². The van der Waals surface area contributed by atoms with Crippen molar-refractivity contribution in [2.45, 2.75) is 19.4 Å². The third-order valence-electron chi connectivity index (χ3n) is 2.12. The minimum absolute atomic E-state index is 0.310. The highest BCUT2D eigenvalue weighted by atomic mass is 35.5. The molecule has 1 aliphatic heterocycles. The molecule has 6 heteroatoms. The van der Waals surface area contributed by atoms with E-state index in [2.05, 4.69) is 0 Å². The van der Waals surface area contributed by atoms with Crippen molar-refractivity contribution in [3.05, 3.63) is 0 Å². The van der Waals surface area contributed by atoms with Crippen LogP contribution in [0.15, 0.2) is 0 Å². The lowest BCUT2D eigenvalue weighted by molar-refractivity contribution is -0.147. The zero-order chi connectivity index (χ0) is 10.6. The maximum absolute atomic E-state index is 11.3. The number of rotatable bonds is 4. The van der Waals surface area contributed by atoms with Crippen molar-refractivity contribution < 1.29 is 14.3 Å². The smallest absolute Gasteiger partial charge is 0.325 e. The van der Waals surface area contributed by atoms with Gasteiger partial charge in [0.15, 0.2) is 0 Å². The van der Waals surface area contributed by atoms with Crippen molar-refractivity contribution in [2.75, 3.05) is 19.8 Å². The molecule has 1 aliphatic rings. The highest BCUT2D eigenvalue weighted by Crippen LogP contribution is 2.14. The van der Waals surface area contributed by atoms with E-state index in [9.17, 15) is 4.79 Å². The summed E-state index contributed by atoms with van der Waals surface area (Å²) in [6, 6.07) is -0.638. The molecule has 1 heterocycles. The van der Waals surface area contributed by atoms with Crippen LogP contribution in [0.3, 0.4) is 0 Å². The molecule has 4 nitrogen and oxygen atoms in total. The lowest BCUT2D eigenvalue weighted by Crippen LogP contribution is -2.29. The number of hydrogen-bond acceptors (Lipinski definition) is 4. The van der Waals surface area contributed by atoms with E-state index in [4.69, 9.17) is 33.0 Å². The van der Waals surface area contributed by atoms with E-state index < -0.39 is 12.0 Å². The average Bonchev–Trinajstić information content (AvgIpc) is 2.65. The second-order valence-corrected chi connectivity index (χ2v) is 4.20. The first-order valence-electron chi connectivity index (χ1n) is 4.46. The van der Waals surface area contributed by atoms with Crippen molar-refractivity contribution in [1.82, 2.24) is 3.94 Å². The molecule has 0 aromatic carbocycles. The van der Waals surface area contributed by atoms with Crippen LogP contribution in [0.5, 0.6) is 0 Å². The molecule has 1 saturated heterocycles. The Morgan fingerprint density at radius 2 is 2.43 bits per heavy atom. The first kappa shape index (κ1) is 12.0. The summed E-state index contributed by atoms with van der Waals surface area (Å²) in [4.78, 5) is 11.3. The van der Waals surface area contributed by atoms with Gasteiger partial charge in [-0.25, -0.2) is 0 Å². The van der Waals surface area contributed by atoms with Crippen LogP contribution in [0.1, 0.15) is 13.3 Å². The van der Waals surface area contributed by atoms with Crippen molar-refractivity contribution in [2.24, 2.45) is 5.92 Å². The molecule has 0 saturated carbocycles. The third-order valence-corrected chi connectivity index (χ3v) is 2.70. The molecule has 0 amide bonds. The SMILES string of the molecule is CC(C(=O)OCC1CCOC1)N(Cl)Cl. The van der Waals surface area contributed by atoms with E-state index in [-0.39, 0.29) is 0 Å².